The van der Waals surface area contributed by atoms with Gasteiger partial charge in [0, 0.05) is 22.9 Å². The van der Waals surface area contributed by atoms with Gasteiger partial charge in [-0.1, -0.05) is 25.5 Å². The molecule has 0 spiro atoms. The molecular formula is C20H23N3O3S. The fourth-order valence-corrected chi connectivity index (χ4v) is 4.31. The summed E-state index contributed by atoms with van der Waals surface area (Å²) in [7, 11) is 1.61. The SMILES string of the molecule is CCc1nc2scc(-c3cc(C)ccc3OC)c2c(=O)n1C(CC)C(N)=O. The number of carbonyl (C=O) groups excluding carboxylic acids is 1. The van der Waals surface area contributed by atoms with E-state index in [-0.39, 0.29) is 5.56 Å². The first-order valence-corrected chi connectivity index (χ1v) is 9.77. The number of methoxy groups -OCH3 is 1. The van der Waals surface area contributed by atoms with E-state index in [2.05, 4.69) is 4.98 Å². The highest BCUT2D eigenvalue weighted by Gasteiger charge is 2.24. The first kappa shape index (κ1) is 19.1. The first-order valence-electron chi connectivity index (χ1n) is 8.89. The molecule has 0 aliphatic carbocycles. The van der Waals surface area contributed by atoms with Gasteiger partial charge in [0.25, 0.3) is 5.56 Å². The molecule has 3 aromatic rings. The Kier molecular flexibility index (Phi) is 5.32. The van der Waals surface area contributed by atoms with E-state index in [4.69, 9.17) is 10.5 Å². The zero-order chi connectivity index (χ0) is 19.7. The molecule has 0 aliphatic rings. The second-order valence-corrected chi connectivity index (χ2v) is 7.27. The second kappa shape index (κ2) is 7.52. The molecular weight excluding hydrogens is 362 g/mol. The van der Waals surface area contributed by atoms with Crippen LogP contribution in [-0.2, 0) is 11.2 Å². The Morgan fingerprint density at radius 3 is 2.67 bits per heavy atom. The fourth-order valence-electron chi connectivity index (χ4n) is 3.36. The van der Waals surface area contributed by atoms with Crippen molar-refractivity contribution in [3.05, 3.63) is 45.3 Å². The molecule has 0 aliphatic heterocycles. The van der Waals surface area contributed by atoms with Gasteiger partial charge >= 0.3 is 0 Å². The van der Waals surface area contributed by atoms with E-state index in [9.17, 15) is 9.59 Å². The van der Waals surface area contributed by atoms with Crippen LogP contribution in [-0.4, -0.2) is 22.6 Å². The molecule has 0 radical (unpaired) electrons. The number of benzene rings is 1. The van der Waals surface area contributed by atoms with E-state index in [1.165, 1.54) is 15.9 Å². The van der Waals surface area contributed by atoms with Crippen LogP contribution in [0, 0.1) is 6.92 Å². The molecule has 27 heavy (non-hydrogen) atoms. The number of nitrogens with zero attached hydrogens (tertiary/aromatic N) is 2. The van der Waals surface area contributed by atoms with Gasteiger partial charge in [-0.05, 0) is 25.5 Å². The summed E-state index contributed by atoms with van der Waals surface area (Å²) in [6.45, 7) is 5.74. The summed E-state index contributed by atoms with van der Waals surface area (Å²) >= 11 is 1.42. The number of nitrogens with two attached hydrogens (primary N) is 1. The lowest BCUT2D eigenvalue weighted by Crippen LogP contribution is -2.36. The molecule has 1 atom stereocenters. The monoisotopic (exact) mass is 385 g/mol. The predicted octanol–water partition coefficient (Wildman–Crippen LogP) is 3.44. The van der Waals surface area contributed by atoms with Crippen molar-refractivity contribution in [1.82, 2.24) is 9.55 Å². The number of hydrogen-bond acceptors (Lipinski definition) is 5. The average Bonchev–Trinajstić information content (AvgIpc) is 3.07. The Balaban J connectivity index is 2.38. The van der Waals surface area contributed by atoms with Crippen molar-refractivity contribution in [2.75, 3.05) is 7.11 Å². The van der Waals surface area contributed by atoms with Crippen molar-refractivity contribution in [3.63, 3.8) is 0 Å². The Hall–Kier alpha value is -2.67. The van der Waals surface area contributed by atoms with Gasteiger partial charge in [0.1, 0.15) is 22.4 Å². The highest BCUT2D eigenvalue weighted by Crippen LogP contribution is 2.37. The van der Waals surface area contributed by atoms with Gasteiger partial charge in [-0.15, -0.1) is 11.3 Å². The summed E-state index contributed by atoms with van der Waals surface area (Å²) in [5, 5.41) is 2.42. The molecule has 7 heteroatoms. The van der Waals surface area contributed by atoms with Crippen LogP contribution in [0.5, 0.6) is 5.75 Å². The van der Waals surface area contributed by atoms with Crippen LogP contribution in [0.3, 0.4) is 0 Å². The number of amides is 1. The van der Waals surface area contributed by atoms with E-state index in [1.807, 2.05) is 44.4 Å². The maximum atomic E-state index is 13.4. The van der Waals surface area contributed by atoms with Crippen molar-refractivity contribution in [3.8, 4) is 16.9 Å². The number of carbonyl (C=O) groups is 1. The van der Waals surface area contributed by atoms with Crippen LogP contribution in [0.2, 0.25) is 0 Å². The lowest BCUT2D eigenvalue weighted by Gasteiger charge is -2.18. The van der Waals surface area contributed by atoms with Crippen LogP contribution in [0.4, 0.5) is 0 Å². The lowest BCUT2D eigenvalue weighted by molar-refractivity contribution is -0.121. The molecule has 0 bridgehead atoms. The van der Waals surface area contributed by atoms with Crippen LogP contribution >= 0.6 is 11.3 Å². The summed E-state index contributed by atoms with van der Waals surface area (Å²) in [4.78, 5) is 30.7. The van der Waals surface area contributed by atoms with Crippen molar-refractivity contribution >= 4 is 27.5 Å². The molecule has 2 aromatic heterocycles. The number of hydrogen-bond donors (Lipinski definition) is 1. The number of thiophene rings is 1. The number of fused-ring (bicyclic) bond motifs is 1. The Labute approximate surface area is 161 Å². The fraction of sp³-hybridized carbons (Fsp3) is 0.350. The minimum absolute atomic E-state index is 0.234. The zero-order valence-corrected chi connectivity index (χ0v) is 16.7. The van der Waals surface area contributed by atoms with Gasteiger partial charge in [0.2, 0.25) is 5.91 Å². The lowest BCUT2D eigenvalue weighted by atomic mass is 10.0. The molecule has 3 rings (SSSR count). The first-order chi connectivity index (χ1) is 12.9. The minimum Gasteiger partial charge on any atom is -0.496 e. The average molecular weight is 385 g/mol. The molecule has 142 valence electrons. The van der Waals surface area contributed by atoms with E-state index in [0.717, 1.165) is 16.7 Å². The van der Waals surface area contributed by atoms with E-state index < -0.39 is 11.9 Å². The molecule has 2 N–H and O–H groups in total. The Morgan fingerprint density at radius 2 is 2.07 bits per heavy atom. The summed E-state index contributed by atoms with van der Waals surface area (Å²) in [5.41, 5.74) is 8.00. The van der Waals surface area contributed by atoms with Gasteiger partial charge in [-0.25, -0.2) is 4.98 Å². The third-order valence-corrected chi connectivity index (χ3v) is 5.57. The Bertz CT molecular complexity index is 1070. The van der Waals surface area contributed by atoms with Crippen molar-refractivity contribution in [2.24, 2.45) is 5.73 Å². The summed E-state index contributed by atoms with van der Waals surface area (Å²) < 4.78 is 6.96. The highest BCUT2D eigenvalue weighted by molar-refractivity contribution is 7.17. The van der Waals surface area contributed by atoms with Crippen molar-refractivity contribution in [1.29, 1.82) is 0 Å². The number of rotatable bonds is 6. The van der Waals surface area contributed by atoms with Gasteiger partial charge in [0.15, 0.2) is 0 Å². The zero-order valence-electron chi connectivity index (χ0n) is 15.9. The molecule has 0 fully saturated rings. The van der Waals surface area contributed by atoms with Crippen LogP contribution in [0.25, 0.3) is 21.3 Å². The molecule has 0 saturated heterocycles. The maximum absolute atomic E-state index is 13.4. The summed E-state index contributed by atoms with van der Waals surface area (Å²) in [5.74, 6) is 0.732. The third kappa shape index (κ3) is 3.23. The molecule has 1 amide bonds. The van der Waals surface area contributed by atoms with Gasteiger partial charge in [-0.2, -0.15) is 0 Å². The maximum Gasteiger partial charge on any atom is 0.263 e. The third-order valence-electron chi connectivity index (χ3n) is 4.70. The predicted molar refractivity (Wildman–Crippen MR) is 109 cm³/mol. The van der Waals surface area contributed by atoms with Gasteiger partial charge < -0.3 is 10.5 Å². The highest BCUT2D eigenvalue weighted by atomic mass is 32.1. The van der Waals surface area contributed by atoms with Crippen molar-refractivity contribution in [2.45, 2.75) is 39.7 Å². The van der Waals surface area contributed by atoms with Crippen LogP contribution < -0.4 is 16.0 Å². The van der Waals surface area contributed by atoms with Gasteiger partial charge in [0.05, 0.1) is 12.5 Å². The molecule has 6 nitrogen and oxygen atoms in total. The number of aromatic nitrogens is 2. The normalized spacial score (nSPS) is 12.3. The Morgan fingerprint density at radius 1 is 1.33 bits per heavy atom. The number of primary amides is 1. The molecule has 0 saturated carbocycles. The van der Waals surface area contributed by atoms with Crippen LogP contribution in [0.15, 0.2) is 28.4 Å². The second-order valence-electron chi connectivity index (χ2n) is 6.42. The summed E-state index contributed by atoms with van der Waals surface area (Å²) in [6.07, 6.45) is 0.971. The largest absolute Gasteiger partial charge is 0.496 e. The van der Waals surface area contributed by atoms with Crippen molar-refractivity contribution < 1.29 is 9.53 Å². The summed E-state index contributed by atoms with van der Waals surface area (Å²) in [6, 6.07) is 5.13. The van der Waals surface area contributed by atoms with Crippen LogP contribution in [0.1, 0.15) is 37.7 Å². The topological polar surface area (TPSA) is 87.2 Å². The van der Waals surface area contributed by atoms with E-state index in [0.29, 0.717) is 34.6 Å². The number of ether oxygens (including phenoxy) is 1. The molecule has 1 aromatic carbocycles. The smallest absolute Gasteiger partial charge is 0.263 e. The number of aryl methyl sites for hydroxylation is 2. The quantitative estimate of drug-likeness (QED) is 0.704. The van der Waals surface area contributed by atoms with E-state index in [1.54, 1.807) is 7.11 Å². The molecule has 2 heterocycles. The van der Waals surface area contributed by atoms with Gasteiger partial charge in [-0.3, -0.25) is 14.2 Å². The molecule has 1 unspecified atom stereocenters. The minimum atomic E-state index is -0.712. The standard InChI is InChI=1S/C20H23N3O3S/c1-5-14(18(21)24)23-16(6-2)22-19-17(20(23)25)13(10-27-19)12-9-11(3)7-8-15(12)26-4/h7-10,14H,5-6H2,1-4H3,(H2,21,24). The van der Waals surface area contributed by atoms with E-state index >= 15 is 0 Å².